The van der Waals surface area contributed by atoms with Gasteiger partial charge < -0.3 is 30.6 Å². The van der Waals surface area contributed by atoms with Gasteiger partial charge in [-0.2, -0.15) is 0 Å². The van der Waals surface area contributed by atoms with E-state index in [1.807, 2.05) is 0 Å². The Kier molecular flexibility index (Phi) is 6.06. The number of rotatable bonds is 7. The number of aliphatic carboxylic acids is 1. The van der Waals surface area contributed by atoms with Gasteiger partial charge in [0, 0.05) is 17.2 Å². The van der Waals surface area contributed by atoms with E-state index in [0.29, 0.717) is 11.3 Å². The average Bonchev–Trinajstić information content (AvgIpc) is 3.44. The summed E-state index contributed by atoms with van der Waals surface area (Å²) < 4.78 is 9.97. The van der Waals surface area contributed by atoms with Crippen molar-refractivity contribution in [1.82, 2.24) is 20.4 Å². The van der Waals surface area contributed by atoms with Crippen LogP contribution in [0, 0.1) is 0 Å². The molecule has 2 aromatic rings. The number of β-lactam (4-membered cyclic amide) rings is 1. The number of fused-ring (bicyclic) bond motifs is 1. The van der Waals surface area contributed by atoms with Crippen molar-refractivity contribution < 1.29 is 34.0 Å². The van der Waals surface area contributed by atoms with E-state index in [1.165, 1.54) is 42.5 Å². The van der Waals surface area contributed by atoms with Gasteiger partial charge in [-0.25, -0.2) is 9.78 Å². The summed E-state index contributed by atoms with van der Waals surface area (Å²) in [7, 11) is 1.43. The predicted molar refractivity (Wildman–Crippen MR) is 117 cm³/mol. The van der Waals surface area contributed by atoms with Gasteiger partial charge in [0.2, 0.25) is 0 Å². The lowest BCUT2D eigenvalue weighted by Crippen LogP contribution is -2.71. The molecule has 15 heteroatoms. The van der Waals surface area contributed by atoms with Gasteiger partial charge in [-0.3, -0.25) is 14.5 Å². The third-order valence-electron chi connectivity index (χ3n) is 4.73. The number of aromatic nitrogens is 2. The number of carboxylic acid groups (broad SMARTS) is 1. The zero-order chi connectivity index (χ0) is 23.7. The molecule has 1 saturated heterocycles. The second kappa shape index (κ2) is 8.95. The smallest absolute Gasteiger partial charge is 0.352 e. The number of ether oxygens (including phenoxy) is 1. The van der Waals surface area contributed by atoms with Gasteiger partial charge in [0.25, 0.3) is 17.7 Å². The molecule has 4 heterocycles. The number of nitrogens with one attached hydrogen (secondary N) is 1. The lowest BCUT2D eigenvalue weighted by molar-refractivity contribution is -0.150. The third kappa shape index (κ3) is 4.14. The maximum absolute atomic E-state index is 12.8. The fraction of sp³-hybridized carbons (Fsp3) is 0.222. The van der Waals surface area contributed by atoms with E-state index in [0.717, 1.165) is 16.2 Å². The Morgan fingerprint density at radius 2 is 2.24 bits per heavy atom. The maximum atomic E-state index is 12.8. The quantitative estimate of drug-likeness (QED) is 0.180. The number of hydrogen-bond acceptors (Lipinski definition) is 12. The third-order valence-corrected chi connectivity index (χ3v) is 6.71. The molecule has 13 nitrogen and oxygen atoms in total. The predicted octanol–water partition coefficient (Wildman–Crippen LogP) is 0.352. The molecule has 172 valence electrons. The highest BCUT2D eigenvalue weighted by Gasteiger charge is 2.54. The molecule has 0 saturated carbocycles. The number of methoxy groups -OCH3 is 1. The van der Waals surface area contributed by atoms with Gasteiger partial charge in [-0.15, -0.1) is 23.1 Å². The Morgan fingerprint density at radius 3 is 2.85 bits per heavy atom. The monoisotopic (exact) mass is 492 g/mol. The van der Waals surface area contributed by atoms with E-state index in [-0.39, 0.29) is 28.2 Å². The molecular weight excluding hydrogens is 476 g/mol. The zero-order valence-corrected chi connectivity index (χ0v) is 18.4. The standard InChI is InChI=1S/C18H16N6O7S2/c1-30-10-4-8(31-23-10)3-2-7-5-32-16-12(15(26)24(16)13(7)17(27)28)21-14(25)11(22-29)9-6-33-18(19)20-9/h2-4,6,12,16,29H,5H2,1H3,(H2,19,20)(H,21,25)(H,27,28)/b3-2+,22-11-/t12-,16-/m1/s1. The van der Waals surface area contributed by atoms with Crippen LogP contribution in [0.2, 0.25) is 0 Å². The molecule has 1 fully saturated rings. The van der Waals surface area contributed by atoms with Crippen molar-refractivity contribution in [2.45, 2.75) is 11.4 Å². The molecule has 0 radical (unpaired) electrons. The Bertz CT molecular complexity index is 1220. The lowest BCUT2D eigenvalue weighted by Gasteiger charge is -2.49. The first-order valence-electron chi connectivity index (χ1n) is 9.18. The first-order chi connectivity index (χ1) is 15.8. The van der Waals surface area contributed by atoms with E-state index >= 15 is 0 Å². The highest BCUT2D eigenvalue weighted by atomic mass is 32.2. The van der Waals surface area contributed by atoms with Crippen LogP contribution >= 0.6 is 23.1 Å². The summed E-state index contributed by atoms with van der Waals surface area (Å²) in [6, 6.07) is 0.515. The molecule has 2 aliphatic heterocycles. The number of carboxylic acids is 1. The Morgan fingerprint density at radius 1 is 1.45 bits per heavy atom. The van der Waals surface area contributed by atoms with Gasteiger partial charge in [-0.05, 0) is 16.8 Å². The van der Waals surface area contributed by atoms with Crippen LogP contribution in [0.3, 0.4) is 0 Å². The topological polar surface area (TPSA) is 193 Å². The first-order valence-corrected chi connectivity index (χ1v) is 11.1. The Labute approximate surface area is 193 Å². The van der Waals surface area contributed by atoms with Crippen molar-refractivity contribution in [1.29, 1.82) is 0 Å². The second-order valence-electron chi connectivity index (χ2n) is 6.66. The molecule has 0 unspecified atom stereocenters. The number of carbonyl (C=O) groups excluding carboxylic acids is 2. The highest BCUT2D eigenvalue weighted by molar-refractivity contribution is 8.00. The molecule has 4 rings (SSSR count). The number of thioether (sulfide) groups is 1. The van der Waals surface area contributed by atoms with Crippen molar-refractivity contribution in [2.75, 3.05) is 18.6 Å². The average molecular weight is 492 g/mol. The van der Waals surface area contributed by atoms with Gasteiger partial charge in [0.15, 0.2) is 16.6 Å². The van der Waals surface area contributed by atoms with Crippen LogP contribution in [-0.4, -0.2) is 73.1 Å². The highest BCUT2D eigenvalue weighted by Crippen LogP contribution is 2.40. The molecule has 2 aromatic heterocycles. The second-order valence-corrected chi connectivity index (χ2v) is 8.66. The van der Waals surface area contributed by atoms with E-state index in [9.17, 15) is 24.7 Å². The molecule has 0 spiro atoms. The number of carbonyl (C=O) groups is 3. The van der Waals surface area contributed by atoms with Crippen molar-refractivity contribution in [3.8, 4) is 5.88 Å². The molecule has 5 N–H and O–H groups in total. The van der Waals surface area contributed by atoms with Gasteiger partial charge in [0.05, 0.1) is 7.11 Å². The molecular formula is C18H16N6O7S2. The number of nitrogens with two attached hydrogens (primary N) is 1. The molecule has 0 aromatic carbocycles. The van der Waals surface area contributed by atoms with Crippen molar-refractivity contribution >= 4 is 57.8 Å². The summed E-state index contributed by atoms with van der Waals surface area (Å²) in [5.74, 6) is -1.87. The van der Waals surface area contributed by atoms with Crippen LogP contribution in [0.5, 0.6) is 5.88 Å². The largest absolute Gasteiger partial charge is 0.479 e. The van der Waals surface area contributed by atoms with E-state index in [2.05, 4.69) is 20.6 Å². The number of oxime groups is 1. The summed E-state index contributed by atoms with van der Waals surface area (Å²) >= 11 is 2.32. The normalized spacial score (nSPS) is 20.6. The maximum Gasteiger partial charge on any atom is 0.352 e. The Hall–Kier alpha value is -3.85. The molecule has 33 heavy (non-hydrogen) atoms. The number of allylic oxidation sites excluding steroid dienone is 1. The number of hydrogen-bond donors (Lipinski definition) is 4. The fourth-order valence-corrected chi connectivity index (χ4v) is 5.09. The number of anilines is 1. The number of amides is 2. The van der Waals surface area contributed by atoms with E-state index < -0.39 is 34.9 Å². The van der Waals surface area contributed by atoms with Crippen LogP contribution in [0.1, 0.15) is 11.5 Å². The lowest BCUT2D eigenvalue weighted by atomic mass is 10.0. The van der Waals surface area contributed by atoms with Gasteiger partial charge in [-0.1, -0.05) is 11.2 Å². The van der Waals surface area contributed by atoms with Crippen molar-refractivity contribution in [3.05, 3.63) is 40.2 Å². The van der Waals surface area contributed by atoms with Crippen LogP contribution in [0.25, 0.3) is 6.08 Å². The fourth-order valence-electron chi connectivity index (χ4n) is 3.22. The molecule has 2 amide bonds. The van der Waals surface area contributed by atoms with Crippen LogP contribution in [0.4, 0.5) is 5.13 Å². The van der Waals surface area contributed by atoms with Gasteiger partial charge in [0.1, 0.15) is 22.8 Å². The van der Waals surface area contributed by atoms with E-state index in [4.69, 9.17) is 15.0 Å². The summed E-state index contributed by atoms with van der Waals surface area (Å²) in [4.78, 5) is 42.2. The molecule has 2 atom stereocenters. The van der Waals surface area contributed by atoms with Crippen LogP contribution < -0.4 is 15.8 Å². The minimum Gasteiger partial charge on any atom is -0.479 e. The number of nitrogens with zero attached hydrogens (tertiary/aromatic N) is 4. The van der Waals surface area contributed by atoms with Crippen LogP contribution in [-0.2, 0) is 14.4 Å². The summed E-state index contributed by atoms with van der Waals surface area (Å²) in [6.07, 6.45) is 3.04. The SMILES string of the molecule is COc1cc(/C=C/C2=C(C(=O)O)N3C(=O)[C@@H](NC(=O)/C(=N\O)c4csc(N)n4)[C@H]3SC2)on1. The molecule has 0 bridgehead atoms. The molecule has 0 aliphatic carbocycles. The summed E-state index contributed by atoms with van der Waals surface area (Å²) in [5.41, 5.74) is 5.38. The number of nitrogen functional groups attached to an aromatic ring is 1. The summed E-state index contributed by atoms with van der Waals surface area (Å²) in [6.45, 7) is 0. The first kappa shape index (κ1) is 22.3. The number of thiazole rings is 1. The Balaban J connectivity index is 1.51. The minimum atomic E-state index is -1.29. The van der Waals surface area contributed by atoms with Crippen LogP contribution in [0.15, 0.2) is 38.5 Å². The van der Waals surface area contributed by atoms with Crippen molar-refractivity contribution in [3.63, 3.8) is 0 Å². The van der Waals surface area contributed by atoms with Crippen molar-refractivity contribution in [2.24, 2.45) is 5.16 Å². The molecule has 2 aliphatic rings. The summed E-state index contributed by atoms with van der Waals surface area (Å²) in [5, 5.41) is 29.0. The van der Waals surface area contributed by atoms with Gasteiger partial charge >= 0.3 is 5.97 Å². The zero-order valence-electron chi connectivity index (χ0n) is 16.8. The minimum absolute atomic E-state index is 0.0556. The van der Waals surface area contributed by atoms with E-state index in [1.54, 1.807) is 0 Å².